The van der Waals surface area contributed by atoms with Crippen LogP contribution in [-0.4, -0.2) is 4.92 Å². The van der Waals surface area contributed by atoms with E-state index in [0.717, 1.165) is 11.1 Å². The van der Waals surface area contributed by atoms with Gasteiger partial charge in [0.1, 0.15) is 0 Å². The molecule has 2 aromatic rings. The van der Waals surface area contributed by atoms with E-state index in [1.54, 1.807) is 18.2 Å². The maximum Gasteiger partial charge on any atom is 0.269 e. The van der Waals surface area contributed by atoms with E-state index in [2.05, 4.69) is 6.07 Å². The van der Waals surface area contributed by atoms with Crippen molar-refractivity contribution in [2.45, 2.75) is 6.92 Å². The first-order valence-corrected chi connectivity index (χ1v) is 6.03. The molecular weight excluding hydrogens is 252 g/mol. The third-order valence-electron chi connectivity index (χ3n) is 2.86. The number of hydrogen-bond acceptors (Lipinski definition) is 3. The first kappa shape index (κ1) is 13.5. The summed E-state index contributed by atoms with van der Waals surface area (Å²) in [5, 5.41) is 19.8. The fourth-order valence-corrected chi connectivity index (χ4v) is 1.87. The lowest BCUT2D eigenvalue weighted by molar-refractivity contribution is -0.384. The molecule has 98 valence electrons. The summed E-state index contributed by atoms with van der Waals surface area (Å²) in [4.78, 5) is 10.1. The number of allylic oxidation sites excluding steroid dienone is 1. The lowest BCUT2D eigenvalue weighted by atomic mass is 10.0. The smallest absolute Gasteiger partial charge is 0.258 e. The quantitative estimate of drug-likeness (QED) is 0.364. The fourth-order valence-electron chi connectivity index (χ4n) is 1.87. The highest BCUT2D eigenvalue weighted by atomic mass is 16.6. The first-order chi connectivity index (χ1) is 9.60. The minimum absolute atomic E-state index is 0.0154. The van der Waals surface area contributed by atoms with Crippen LogP contribution in [0.5, 0.6) is 0 Å². The summed E-state index contributed by atoms with van der Waals surface area (Å²) in [6.45, 7) is 1.98. The number of benzene rings is 2. The van der Waals surface area contributed by atoms with Gasteiger partial charge in [0.25, 0.3) is 5.69 Å². The number of nitro benzene ring substituents is 1. The van der Waals surface area contributed by atoms with Crippen LogP contribution >= 0.6 is 0 Å². The zero-order chi connectivity index (χ0) is 14.5. The van der Waals surface area contributed by atoms with Crippen molar-refractivity contribution in [3.05, 3.63) is 75.3 Å². The van der Waals surface area contributed by atoms with Crippen LogP contribution in [0, 0.1) is 28.4 Å². The third-order valence-corrected chi connectivity index (χ3v) is 2.86. The maximum absolute atomic E-state index is 10.6. The highest BCUT2D eigenvalue weighted by Gasteiger charge is 2.06. The number of non-ortho nitro benzene ring substituents is 1. The summed E-state index contributed by atoms with van der Waals surface area (Å²) < 4.78 is 0. The number of aryl methyl sites for hydroxylation is 1. The highest BCUT2D eigenvalue weighted by molar-refractivity contribution is 5.89. The number of nitro groups is 1. The highest BCUT2D eigenvalue weighted by Crippen LogP contribution is 2.21. The second kappa shape index (κ2) is 5.81. The predicted octanol–water partition coefficient (Wildman–Crippen LogP) is 3.97. The molecule has 0 N–H and O–H groups in total. The second-order valence-corrected chi connectivity index (χ2v) is 4.39. The Morgan fingerprint density at radius 1 is 1.25 bits per heavy atom. The van der Waals surface area contributed by atoms with Crippen LogP contribution < -0.4 is 0 Å². The van der Waals surface area contributed by atoms with Gasteiger partial charge in [0.05, 0.1) is 16.6 Å². The molecule has 2 aromatic carbocycles. The molecule has 0 bridgehead atoms. The minimum Gasteiger partial charge on any atom is -0.258 e. The van der Waals surface area contributed by atoms with Gasteiger partial charge in [0.2, 0.25) is 0 Å². The molecule has 0 saturated carbocycles. The third kappa shape index (κ3) is 3.09. The Kier molecular flexibility index (Phi) is 3.92. The van der Waals surface area contributed by atoms with Gasteiger partial charge in [-0.15, -0.1) is 0 Å². The largest absolute Gasteiger partial charge is 0.269 e. The Hall–Kier alpha value is -2.93. The van der Waals surface area contributed by atoms with Crippen LogP contribution in [0.3, 0.4) is 0 Å². The van der Waals surface area contributed by atoms with Gasteiger partial charge in [-0.3, -0.25) is 10.1 Å². The molecule has 0 fully saturated rings. The summed E-state index contributed by atoms with van der Waals surface area (Å²) in [7, 11) is 0. The predicted molar refractivity (Wildman–Crippen MR) is 77.8 cm³/mol. The second-order valence-electron chi connectivity index (χ2n) is 4.39. The van der Waals surface area contributed by atoms with Crippen molar-refractivity contribution in [3.8, 4) is 6.07 Å². The van der Waals surface area contributed by atoms with Crippen LogP contribution in [0.2, 0.25) is 0 Å². The molecule has 2 rings (SSSR count). The van der Waals surface area contributed by atoms with E-state index in [1.165, 1.54) is 12.1 Å². The summed E-state index contributed by atoms with van der Waals surface area (Å²) >= 11 is 0. The molecule has 4 nitrogen and oxygen atoms in total. The van der Waals surface area contributed by atoms with E-state index in [1.807, 2.05) is 31.2 Å². The molecular formula is C16H12N2O2. The first-order valence-electron chi connectivity index (χ1n) is 6.03. The Bertz CT molecular complexity index is 710. The molecule has 0 atom stereocenters. The van der Waals surface area contributed by atoms with Crippen molar-refractivity contribution in [2.75, 3.05) is 0 Å². The van der Waals surface area contributed by atoms with Crippen LogP contribution in [-0.2, 0) is 0 Å². The molecule has 0 unspecified atom stereocenters. The van der Waals surface area contributed by atoms with Crippen molar-refractivity contribution in [1.29, 1.82) is 5.26 Å². The van der Waals surface area contributed by atoms with Crippen LogP contribution in [0.25, 0.3) is 11.6 Å². The fraction of sp³-hybridized carbons (Fsp3) is 0.0625. The maximum atomic E-state index is 10.6. The molecule has 20 heavy (non-hydrogen) atoms. The van der Waals surface area contributed by atoms with E-state index in [-0.39, 0.29) is 5.69 Å². The van der Waals surface area contributed by atoms with Gasteiger partial charge in [-0.1, -0.05) is 29.8 Å². The standard InChI is InChI=1S/C16H12N2O2/c1-12-3-2-4-13(9-12)10-15(11-17)14-5-7-16(8-6-14)18(19)20/h2-10H,1H3. The molecule has 4 heteroatoms. The normalized spacial score (nSPS) is 10.9. The van der Waals surface area contributed by atoms with Gasteiger partial charge in [-0.25, -0.2) is 0 Å². The van der Waals surface area contributed by atoms with Gasteiger partial charge in [0, 0.05) is 12.1 Å². The molecule has 0 aliphatic rings. The van der Waals surface area contributed by atoms with Crippen molar-refractivity contribution in [2.24, 2.45) is 0 Å². The van der Waals surface area contributed by atoms with Gasteiger partial charge < -0.3 is 0 Å². The summed E-state index contributed by atoms with van der Waals surface area (Å²) in [6.07, 6.45) is 1.77. The van der Waals surface area contributed by atoms with E-state index in [0.29, 0.717) is 11.1 Å². The van der Waals surface area contributed by atoms with Crippen molar-refractivity contribution in [1.82, 2.24) is 0 Å². The molecule has 0 saturated heterocycles. The summed E-state index contributed by atoms with van der Waals surface area (Å²) in [5.41, 5.74) is 3.20. The van der Waals surface area contributed by atoms with Gasteiger partial charge in [0.15, 0.2) is 0 Å². The van der Waals surface area contributed by atoms with E-state index >= 15 is 0 Å². The Labute approximate surface area is 116 Å². The monoisotopic (exact) mass is 264 g/mol. The van der Waals surface area contributed by atoms with Crippen molar-refractivity contribution >= 4 is 17.3 Å². The van der Waals surface area contributed by atoms with Crippen LogP contribution in [0.15, 0.2) is 48.5 Å². The van der Waals surface area contributed by atoms with Gasteiger partial charge >= 0.3 is 0 Å². The van der Waals surface area contributed by atoms with Gasteiger partial charge in [-0.2, -0.15) is 5.26 Å². The number of nitriles is 1. The molecule has 0 radical (unpaired) electrons. The zero-order valence-electron chi connectivity index (χ0n) is 10.9. The van der Waals surface area contributed by atoms with Gasteiger partial charge in [-0.05, 0) is 36.3 Å². The van der Waals surface area contributed by atoms with E-state index < -0.39 is 4.92 Å². The van der Waals surface area contributed by atoms with E-state index in [9.17, 15) is 15.4 Å². The number of rotatable bonds is 3. The molecule has 0 aliphatic carbocycles. The molecule has 0 heterocycles. The number of nitrogens with zero attached hydrogens (tertiary/aromatic N) is 2. The SMILES string of the molecule is Cc1cccc(C=C(C#N)c2ccc([N+](=O)[O-])cc2)c1. The van der Waals surface area contributed by atoms with Crippen LogP contribution in [0.4, 0.5) is 5.69 Å². The Balaban J connectivity index is 2.37. The van der Waals surface area contributed by atoms with E-state index in [4.69, 9.17) is 0 Å². The Morgan fingerprint density at radius 3 is 2.50 bits per heavy atom. The molecule has 0 spiro atoms. The average molecular weight is 264 g/mol. The molecule has 0 aromatic heterocycles. The molecule has 0 amide bonds. The van der Waals surface area contributed by atoms with Crippen LogP contribution in [0.1, 0.15) is 16.7 Å². The average Bonchev–Trinajstić information content (AvgIpc) is 2.45. The Morgan fingerprint density at radius 2 is 1.95 bits per heavy atom. The summed E-state index contributed by atoms with van der Waals surface area (Å²) in [6, 6.07) is 15.9. The van der Waals surface area contributed by atoms with Crippen molar-refractivity contribution < 1.29 is 4.92 Å². The lowest BCUT2D eigenvalue weighted by Gasteiger charge is -2.01. The minimum atomic E-state index is -0.458. The topological polar surface area (TPSA) is 66.9 Å². The lowest BCUT2D eigenvalue weighted by Crippen LogP contribution is -1.88. The zero-order valence-corrected chi connectivity index (χ0v) is 10.9. The molecule has 0 aliphatic heterocycles. The van der Waals surface area contributed by atoms with Crippen molar-refractivity contribution in [3.63, 3.8) is 0 Å². The number of hydrogen-bond donors (Lipinski definition) is 0. The summed E-state index contributed by atoms with van der Waals surface area (Å²) in [5.74, 6) is 0.